The van der Waals surface area contributed by atoms with Crippen LogP contribution in [0.15, 0.2) is 138 Å². The molecule has 1 N–H and O–H groups in total. The SMILES string of the molecule is CCCCN(C(=O)c1nn(-c2ccc(C(=O)NS(=O)(=O)c3ccc4ccccc4c3)cc2C(=O)N2CCc3ccccc3C2)c(C)c1Cl)c1ccc(Oc2ccc(Cl)cc2)cc1. The maximum absolute atomic E-state index is 14.6. The summed E-state index contributed by atoms with van der Waals surface area (Å²) in [5.41, 5.74) is 3.34. The second-order valence-electron chi connectivity index (χ2n) is 14.9. The molecule has 0 aliphatic carbocycles. The zero-order valence-corrected chi connectivity index (χ0v) is 36.2. The van der Waals surface area contributed by atoms with Crippen LogP contribution in [0.4, 0.5) is 5.69 Å². The number of hydrogen-bond acceptors (Lipinski definition) is 7. The molecule has 0 saturated carbocycles. The number of nitrogens with zero attached hydrogens (tertiary/aromatic N) is 4. The molecule has 8 rings (SSSR count). The van der Waals surface area contributed by atoms with E-state index in [9.17, 15) is 22.8 Å². The van der Waals surface area contributed by atoms with Crippen LogP contribution in [0.1, 0.15) is 67.8 Å². The van der Waals surface area contributed by atoms with Crippen LogP contribution < -0.4 is 14.4 Å². The number of anilines is 1. The van der Waals surface area contributed by atoms with Crippen molar-refractivity contribution in [3.63, 3.8) is 0 Å². The average molecular weight is 887 g/mol. The lowest BCUT2D eigenvalue weighted by atomic mass is 9.98. The van der Waals surface area contributed by atoms with Gasteiger partial charge in [0.15, 0.2) is 5.69 Å². The van der Waals surface area contributed by atoms with E-state index in [0.29, 0.717) is 65.8 Å². The Morgan fingerprint density at radius 1 is 0.806 bits per heavy atom. The van der Waals surface area contributed by atoms with Crippen LogP contribution in [0, 0.1) is 6.92 Å². The Morgan fingerprint density at radius 2 is 1.48 bits per heavy atom. The number of hydrogen-bond donors (Lipinski definition) is 1. The summed E-state index contributed by atoms with van der Waals surface area (Å²) in [6.45, 7) is 4.81. The van der Waals surface area contributed by atoms with E-state index in [2.05, 4.69) is 4.72 Å². The summed E-state index contributed by atoms with van der Waals surface area (Å²) in [7, 11) is -4.31. The maximum Gasteiger partial charge on any atom is 0.280 e. The van der Waals surface area contributed by atoms with Crippen LogP contribution in [0.25, 0.3) is 16.5 Å². The van der Waals surface area contributed by atoms with Crippen molar-refractivity contribution in [2.75, 3.05) is 18.0 Å². The number of benzene rings is 6. The molecule has 1 aliphatic rings. The number of nitrogens with one attached hydrogen (secondary N) is 1. The predicted octanol–water partition coefficient (Wildman–Crippen LogP) is 10.2. The van der Waals surface area contributed by atoms with Gasteiger partial charge in [0.05, 0.1) is 26.9 Å². The highest BCUT2D eigenvalue weighted by atomic mass is 35.5. The molecule has 0 unspecified atom stereocenters. The van der Waals surface area contributed by atoms with Gasteiger partial charge in [-0.3, -0.25) is 14.4 Å². The van der Waals surface area contributed by atoms with Crippen LogP contribution in [0.5, 0.6) is 11.5 Å². The molecule has 0 atom stereocenters. The van der Waals surface area contributed by atoms with Gasteiger partial charge < -0.3 is 14.5 Å². The van der Waals surface area contributed by atoms with Gasteiger partial charge in [-0.1, -0.05) is 91.1 Å². The first kappa shape index (κ1) is 42.2. The van der Waals surface area contributed by atoms with Crippen molar-refractivity contribution >= 4 is 67.4 Å². The summed E-state index contributed by atoms with van der Waals surface area (Å²) in [5, 5.41) is 6.95. The zero-order chi connectivity index (χ0) is 43.5. The van der Waals surface area contributed by atoms with Crippen LogP contribution >= 0.6 is 23.2 Å². The van der Waals surface area contributed by atoms with E-state index >= 15 is 0 Å². The second kappa shape index (κ2) is 17.9. The van der Waals surface area contributed by atoms with Crippen LogP contribution in [0.2, 0.25) is 10.0 Å². The fourth-order valence-corrected chi connectivity index (χ4v) is 8.76. The molecule has 0 bridgehead atoms. The summed E-state index contributed by atoms with van der Waals surface area (Å²) in [5.74, 6) is -0.616. The number of amides is 3. The van der Waals surface area contributed by atoms with E-state index in [1.54, 1.807) is 83.5 Å². The normalized spacial score (nSPS) is 12.5. The molecule has 1 aromatic heterocycles. The lowest BCUT2D eigenvalue weighted by Crippen LogP contribution is -2.37. The minimum atomic E-state index is -4.31. The Labute approximate surface area is 369 Å². The quantitative estimate of drug-likeness (QED) is 0.129. The zero-order valence-electron chi connectivity index (χ0n) is 33.8. The predicted molar refractivity (Wildman–Crippen MR) is 241 cm³/mol. The second-order valence-corrected chi connectivity index (χ2v) is 17.4. The van der Waals surface area contributed by atoms with Gasteiger partial charge in [0.2, 0.25) is 0 Å². The Bertz CT molecular complexity index is 2950. The highest BCUT2D eigenvalue weighted by Gasteiger charge is 2.30. The third-order valence-electron chi connectivity index (χ3n) is 10.8. The maximum atomic E-state index is 14.6. The first-order valence-electron chi connectivity index (χ1n) is 20.1. The van der Waals surface area contributed by atoms with Crippen molar-refractivity contribution in [3.05, 3.63) is 177 Å². The first-order chi connectivity index (χ1) is 29.9. The summed E-state index contributed by atoms with van der Waals surface area (Å²) < 4.78 is 36.6. The number of fused-ring (bicyclic) bond motifs is 2. The Morgan fingerprint density at radius 3 is 2.21 bits per heavy atom. The fourth-order valence-electron chi connectivity index (χ4n) is 7.43. The molecule has 6 aromatic carbocycles. The summed E-state index contributed by atoms with van der Waals surface area (Å²) >= 11 is 13.0. The number of carbonyl (C=O) groups is 3. The number of sulfonamides is 1. The Balaban J connectivity index is 1.13. The van der Waals surface area contributed by atoms with Crippen LogP contribution in [-0.2, 0) is 23.0 Å². The number of aromatic nitrogens is 2. The Hall–Kier alpha value is -6.47. The highest BCUT2D eigenvalue weighted by molar-refractivity contribution is 7.90. The van der Waals surface area contributed by atoms with Gasteiger partial charge in [-0.25, -0.2) is 17.8 Å². The van der Waals surface area contributed by atoms with Crippen LogP contribution in [-0.4, -0.2) is 53.9 Å². The lowest BCUT2D eigenvalue weighted by Gasteiger charge is -2.29. The van der Waals surface area contributed by atoms with E-state index in [1.165, 1.54) is 35.0 Å². The van der Waals surface area contributed by atoms with Crippen molar-refractivity contribution < 1.29 is 27.5 Å². The van der Waals surface area contributed by atoms with Crippen molar-refractivity contribution in [2.45, 2.75) is 44.6 Å². The summed E-state index contributed by atoms with van der Waals surface area (Å²) in [4.78, 5) is 46.1. The minimum absolute atomic E-state index is 0.0321. The van der Waals surface area contributed by atoms with Gasteiger partial charge in [0, 0.05) is 35.9 Å². The third-order valence-corrected chi connectivity index (χ3v) is 12.9. The molecule has 7 aromatic rings. The molecule has 2 heterocycles. The van der Waals surface area contributed by atoms with Gasteiger partial charge in [-0.05, 0) is 121 Å². The third kappa shape index (κ3) is 8.80. The molecule has 0 saturated heterocycles. The van der Waals surface area contributed by atoms with E-state index in [0.717, 1.165) is 22.9 Å². The lowest BCUT2D eigenvalue weighted by molar-refractivity contribution is 0.0734. The molecule has 1 aliphatic heterocycles. The van der Waals surface area contributed by atoms with Gasteiger partial charge in [0.1, 0.15) is 11.5 Å². The van der Waals surface area contributed by atoms with Gasteiger partial charge >= 0.3 is 0 Å². The largest absolute Gasteiger partial charge is 0.457 e. The fraction of sp³-hybridized carbons (Fsp3) is 0.167. The minimum Gasteiger partial charge on any atom is -0.457 e. The molecule has 0 radical (unpaired) electrons. The Kier molecular flexibility index (Phi) is 12.2. The highest BCUT2D eigenvalue weighted by Crippen LogP contribution is 2.32. The molecular weight excluding hydrogens is 846 g/mol. The van der Waals surface area contributed by atoms with Crippen LogP contribution in [0.3, 0.4) is 0 Å². The summed E-state index contributed by atoms with van der Waals surface area (Å²) in [6.07, 6.45) is 2.14. The summed E-state index contributed by atoms with van der Waals surface area (Å²) in [6, 6.07) is 38.2. The van der Waals surface area contributed by atoms with Gasteiger partial charge in [-0.2, -0.15) is 5.10 Å². The van der Waals surface area contributed by atoms with Crippen molar-refractivity contribution in [2.24, 2.45) is 0 Å². The topological polar surface area (TPSA) is 131 Å². The number of unbranched alkanes of at least 4 members (excludes halogenated alkanes) is 1. The number of rotatable bonds is 12. The molecule has 62 heavy (non-hydrogen) atoms. The molecule has 0 fully saturated rings. The molecule has 0 spiro atoms. The molecule has 3 amide bonds. The number of carbonyl (C=O) groups excluding carboxylic acids is 3. The van der Waals surface area contributed by atoms with Crippen molar-refractivity contribution in [1.29, 1.82) is 0 Å². The van der Waals surface area contributed by atoms with E-state index in [4.69, 9.17) is 33.0 Å². The first-order valence-corrected chi connectivity index (χ1v) is 22.3. The molecule has 11 nitrogen and oxygen atoms in total. The molecular formula is C48H41Cl2N5O6S. The number of ether oxygens (including phenoxy) is 1. The van der Waals surface area contributed by atoms with Crippen molar-refractivity contribution in [1.82, 2.24) is 19.4 Å². The van der Waals surface area contributed by atoms with E-state index in [-0.39, 0.29) is 32.4 Å². The van der Waals surface area contributed by atoms with Gasteiger partial charge in [0.25, 0.3) is 27.7 Å². The standard InChI is InChI=1S/C48H41Cl2N5O6S/c1-3-4-26-54(38-17-21-40(22-18-38)61-39-19-15-37(49)16-20-39)48(58)45-44(50)31(2)55(51-45)43-24-14-35(29-42(43)47(57)53-27-25-33-10-6-8-12-36(33)30-53)46(56)52-62(59,60)41-23-13-32-9-5-7-11-34(32)28-41/h5-24,28-29H,3-4,25-27,30H2,1-2H3,(H,52,56). The monoisotopic (exact) mass is 885 g/mol. The number of halogens is 2. The van der Waals surface area contributed by atoms with E-state index in [1.807, 2.05) is 43.3 Å². The smallest absolute Gasteiger partial charge is 0.280 e. The molecule has 14 heteroatoms. The average Bonchev–Trinajstić information content (AvgIpc) is 3.59. The van der Waals surface area contributed by atoms with Gasteiger partial charge in [-0.15, -0.1) is 0 Å². The van der Waals surface area contributed by atoms with E-state index < -0.39 is 27.7 Å². The molecule has 314 valence electrons. The van der Waals surface area contributed by atoms with Crippen molar-refractivity contribution in [3.8, 4) is 17.2 Å².